The highest BCUT2D eigenvalue weighted by atomic mass is 16.5. The fraction of sp³-hybridized carbons (Fsp3) is 0.278. The van der Waals surface area contributed by atoms with E-state index in [2.05, 4.69) is 11.4 Å². The van der Waals surface area contributed by atoms with Crippen LogP contribution in [-0.4, -0.2) is 25.7 Å². The maximum atomic E-state index is 12.4. The molecule has 3 aromatic rings. The van der Waals surface area contributed by atoms with Gasteiger partial charge in [-0.2, -0.15) is 0 Å². The lowest BCUT2D eigenvalue weighted by Crippen LogP contribution is -2.35. The Balaban J connectivity index is 2.06. The van der Waals surface area contributed by atoms with Gasteiger partial charge in [0.25, 0.3) is 5.91 Å². The Kier molecular flexibility index (Phi) is 3.86. The fourth-order valence-corrected chi connectivity index (χ4v) is 2.75. The molecule has 3 rings (SSSR count). The minimum atomic E-state index is -0.206. The molecule has 0 unspecified atom stereocenters. The zero-order chi connectivity index (χ0) is 15.7. The normalized spacial score (nSPS) is 12.7. The van der Waals surface area contributed by atoms with Crippen LogP contribution in [0.1, 0.15) is 23.0 Å². The van der Waals surface area contributed by atoms with Crippen molar-refractivity contribution in [3.63, 3.8) is 0 Å². The average Bonchev–Trinajstić information content (AvgIpc) is 2.85. The van der Waals surface area contributed by atoms with Crippen molar-refractivity contribution in [2.75, 3.05) is 13.7 Å². The summed E-state index contributed by atoms with van der Waals surface area (Å²) in [4.78, 5) is 12.4. The molecule has 22 heavy (non-hydrogen) atoms. The number of benzene rings is 2. The van der Waals surface area contributed by atoms with Gasteiger partial charge in [-0.15, -0.1) is 0 Å². The molecule has 4 heteroatoms. The lowest BCUT2D eigenvalue weighted by Gasteiger charge is -2.11. The van der Waals surface area contributed by atoms with Gasteiger partial charge in [0.15, 0.2) is 5.76 Å². The van der Waals surface area contributed by atoms with Gasteiger partial charge in [-0.25, -0.2) is 0 Å². The van der Waals surface area contributed by atoms with Gasteiger partial charge in [0.2, 0.25) is 0 Å². The van der Waals surface area contributed by atoms with Crippen molar-refractivity contribution in [3.8, 4) is 0 Å². The van der Waals surface area contributed by atoms with Crippen LogP contribution < -0.4 is 5.32 Å². The minimum Gasteiger partial charge on any atom is -0.450 e. The summed E-state index contributed by atoms with van der Waals surface area (Å²) >= 11 is 0. The average molecular weight is 297 g/mol. The molecule has 0 saturated carbocycles. The molecule has 1 N–H and O–H groups in total. The lowest BCUT2D eigenvalue weighted by molar-refractivity contribution is 0.0879. The van der Waals surface area contributed by atoms with E-state index in [0.717, 1.165) is 27.3 Å². The molecule has 114 valence electrons. The van der Waals surface area contributed by atoms with E-state index >= 15 is 0 Å². The van der Waals surface area contributed by atoms with Crippen LogP contribution in [0.3, 0.4) is 0 Å². The second-order valence-electron chi connectivity index (χ2n) is 5.55. The third-order valence-corrected chi connectivity index (χ3v) is 3.83. The van der Waals surface area contributed by atoms with Crippen LogP contribution >= 0.6 is 0 Å². The van der Waals surface area contributed by atoms with Crippen molar-refractivity contribution in [1.82, 2.24) is 5.32 Å². The van der Waals surface area contributed by atoms with Crippen LogP contribution in [0.4, 0.5) is 0 Å². The summed E-state index contributed by atoms with van der Waals surface area (Å²) in [7, 11) is 1.61. The molecule has 0 aliphatic carbocycles. The van der Waals surface area contributed by atoms with E-state index in [4.69, 9.17) is 9.15 Å². The van der Waals surface area contributed by atoms with Crippen LogP contribution in [0, 0.1) is 6.92 Å². The number of amides is 1. The molecule has 0 saturated heterocycles. The van der Waals surface area contributed by atoms with Gasteiger partial charge in [0, 0.05) is 29.5 Å². The predicted octanol–water partition coefficient (Wildman–Crippen LogP) is 3.66. The van der Waals surface area contributed by atoms with Crippen LogP contribution in [0.5, 0.6) is 0 Å². The van der Waals surface area contributed by atoms with Crippen LogP contribution in [-0.2, 0) is 4.74 Å². The zero-order valence-electron chi connectivity index (χ0n) is 13.0. The number of nitrogens with one attached hydrogen (secondary N) is 1. The summed E-state index contributed by atoms with van der Waals surface area (Å²) in [6.07, 6.45) is 0. The van der Waals surface area contributed by atoms with Crippen molar-refractivity contribution in [1.29, 1.82) is 0 Å². The maximum Gasteiger partial charge on any atom is 0.287 e. The minimum absolute atomic E-state index is 0.0677. The highest BCUT2D eigenvalue weighted by Gasteiger charge is 2.20. The molecule has 1 atom stereocenters. The van der Waals surface area contributed by atoms with Gasteiger partial charge in [0.05, 0.1) is 6.61 Å². The highest BCUT2D eigenvalue weighted by Crippen LogP contribution is 2.31. The van der Waals surface area contributed by atoms with E-state index in [-0.39, 0.29) is 11.9 Å². The van der Waals surface area contributed by atoms with E-state index in [9.17, 15) is 4.79 Å². The molecule has 1 amide bonds. The molecule has 1 aromatic heterocycles. The molecule has 0 bridgehead atoms. The number of furan rings is 1. The van der Waals surface area contributed by atoms with Gasteiger partial charge in [-0.3, -0.25) is 4.79 Å². The van der Waals surface area contributed by atoms with Gasteiger partial charge in [0.1, 0.15) is 5.58 Å². The Morgan fingerprint density at radius 3 is 2.77 bits per heavy atom. The van der Waals surface area contributed by atoms with Gasteiger partial charge < -0.3 is 14.5 Å². The van der Waals surface area contributed by atoms with E-state index in [1.807, 2.05) is 44.2 Å². The number of carbonyl (C=O) groups excluding carboxylic acids is 1. The molecule has 4 nitrogen and oxygen atoms in total. The number of hydrogen-bond acceptors (Lipinski definition) is 3. The number of methoxy groups -OCH3 is 1. The number of ether oxygens (including phenoxy) is 1. The van der Waals surface area contributed by atoms with Crippen molar-refractivity contribution < 1.29 is 13.9 Å². The van der Waals surface area contributed by atoms with Crippen molar-refractivity contribution in [3.05, 3.63) is 47.7 Å². The summed E-state index contributed by atoms with van der Waals surface area (Å²) in [5.41, 5.74) is 1.63. The molecular formula is C18H19NO3. The first-order valence-corrected chi connectivity index (χ1v) is 7.32. The SMILES string of the molecule is COC[C@H](C)NC(=O)c1oc2c(ccc3ccccc32)c1C. The van der Waals surface area contributed by atoms with E-state index in [1.54, 1.807) is 7.11 Å². The summed E-state index contributed by atoms with van der Waals surface area (Å²) < 4.78 is 10.9. The van der Waals surface area contributed by atoms with Crippen molar-refractivity contribution >= 4 is 27.6 Å². The smallest absolute Gasteiger partial charge is 0.287 e. The van der Waals surface area contributed by atoms with Gasteiger partial charge >= 0.3 is 0 Å². The number of fused-ring (bicyclic) bond motifs is 3. The topological polar surface area (TPSA) is 51.5 Å². The number of hydrogen-bond donors (Lipinski definition) is 1. The second-order valence-corrected chi connectivity index (χ2v) is 5.55. The fourth-order valence-electron chi connectivity index (χ4n) is 2.75. The van der Waals surface area contributed by atoms with Crippen LogP contribution in [0.25, 0.3) is 21.7 Å². The van der Waals surface area contributed by atoms with Crippen molar-refractivity contribution in [2.45, 2.75) is 19.9 Å². The predicted molar refractivity (Wildman–Crippen MR) is 87.3 cm³/mol. The third-order valence-electron chi connectivity index (χ3n) is 3.83. The Labute approximate surface area is 129 Å². The third kappa shape index (κ3) is 2.46. The Morgan fingerprint density at radius 1 is 1.23 bits per heavy atom. The lowest BCUT2D eigenvalue weighted by atomic mass is 10.1. The van der Waals surface area contributed by atoms with E-state index in [1.165, 1.54) is 0 Å². The molecule has 0 radical (unpaired) electrons. The van der Waals surface area contributed by atoms with Gasteiger partial charge in [-0.05, 0) is 19.2 Å². The first-order chi connectivity index (χ1) is 10.6. The number of aryl methyl sites for hydroxylation is 1. The molecular weight excluding hydrogens is 278 g/mol. The molecule has 0 aliphatic rings. The molecule has 0 fully saturated rings. The molecule has 2 aromatic carbocycles. The Morgan fingerprint density at radius 2 is 2.00 bits per heavy atom. The summed E-state index contributed by atoms with van der Waals surface area (Å²) in [6.45, 7) is 4.28. The van der Waals surface area contributed by atoms with E-state index in [0.29, 0.717) is 12.4 Å². The first-order valence-electron chi connectivity index (χ1n) is 7.32. The Hall–Kier alpha value is -2.33. The number of rotatable bonds is 4. The van der Waals surface area contributed by atoms with E-state index < -0.39 is 0 Å². The zero-order valence-corrected chi connectivity index (χ0v) is 13.0. The monoisotopic (exact) mass is 297 g/mol. The first kappa shape index (κ1) is 14.6. The van der Waals surface area contributed by atoms with Crippen LogP contribution in [0.2, 0.25) is 0 Å². The summed E-state index contributed by atoms with van der Waals surface area (Å²) in [6, 6.07) is 12.0. The molecule has 0 spiro atoms. The molecule has 1 heterocycles. The van der Waals surface area contributed by atoms with Gasteiger partial charge in [-0.1, -0.05) is 36.4 Å². The van der Waals surface area contributed by atoms with Crippen molar-refractivity contribution in [2.24, 2.45) is 0 Å². The van der Waals surface area contributed by atoms with Crippen LogP contribution in [0.15, 0.2) is 40.8 Å². The summed E-state index contributed by atoms with van der Waals surface area (Å²) in [5.74, 6) is 0.164. The number of carbonyl (C=O) groups is 1. The quantitative estimate of drug-likeness (QED) is 0.799. The highest BCUT2D eigenvalue weighted by molar-refractivity contribution is 6.08. The standard InChI is InChI=1S/C18H19NO3/c1-11(10-21-3)19-18(20)16-12(2)14-9-8-13-6-4-5-7-15(13)17(14)22-16/h4-9,11H,10H2,1-3H3,(H,19,20)/t11-/m0/s1. The molecule has 0 aliphatic heterocycles. The maximum absolute atomic E-state index is 12.4. The largest absolute Gasteiger partial charge is 0.450 e. The summed E-state index contributed by atoms with van der Waals surface area (Å²) in [5, 5.41) is 5.99. The second kappa shape index (κ2) is 5.81. The Bertz CT molecular complexity index is 835.